The van der Waals surface area contributed by atoms with Crippen molar-refractivity contribution in [2.45, 2.75) is 25.6 Å². The maximum atomic E-state index is 12.4. The molecule has 6 nitrogen and oxygen atoms in total. The van der Waals surface area contributed by atoms with E-state index in [4.69, 9.17) is 5.11 Å². The maximum Gasteiger partial charge on any atom is 0.435 e. The second-order valence-corrected chi connectivity index (χ2v) is 4.51. The van der Waals surface area contributed by atoms with Gasteiger partial charge in [0.1, 0.15) is 0 Å². The van der Waals surface area contributed by atoms with Crippen LogP contribution in [-0.4, -0.2) is 26.8 Å². The van der Waals surface area contributed by atoms with Gasteiger partial charge in [-0.05, 0) is 32.1 Å². The van der Waals surface area contributed by atoms with Crippen molar-refractivity contribution in [1.82, 2.24) is 15.6 Å². The van der Waals surface area contributed by atoms with Crippen molar-refractivity contribution in [3.8, 4) is 0 Å². The zero-order valence-electron chi connectivity index (χ0n) is 10.6. The highest BCUT2D eigenvalue weighted by atomic mass is 19.4. The number of carboxylic acid groups (broad SMARTS) is 1. The van der Waals surface area contributed by atoms with Crippen LogP contribution in [0.15, 0.2) is 23.9 Å². The van der Waals surface area contributed by atoms with Crippen molar-refractivity contribution in [3.63, 3.8) is 0 Å². The second-order valence-electron chi connectivity index (χ2n) is 4.51. The summed E-state index contributed by atoms with van der Waals surface area (Å²) < 4.78 is 37.1. The molecule has 0 amide bonds. The summed E-state index contributed by atoms with van der Waals surface area (Å²) in [6.45, 7) is 3.04. The number of rotatable bonds is 2. The van der Waals surface area contributed by atoms with E-state index in [2.05, 4.69) is 15.6 Å². The number of aromatic nitrogens is 2. The number of hydrogen-bond donors (Lipinski definition) is 2. The SMILES string of the molecule is CC1=CC(C)(C(=O)O)NN1c1ccc(C(F)(F)F)nn1. The van der Waals surface area contributed by atoms with Gasteiger partial charge in [-0.3, -0.25) is 5.01 Å². The molecule has 0 aliphatic carbocycles. The first-order chi connectivity index (χ1) is 9.13. The van der Waals surface area contributed by atoms with Crippen LogP contribution in [0.3, 0.4) is 0 Å². The predicted molar refractivity (Wildman–Crippen MR) is 62.4 cm³/mol. The number of alkyl halides is 3. The van der Waals surface area contributed by atoms with E-state index in [1.807, 2.05) is 0 Å². The Morgan fingerprint density at radius 2 is 2.05 bits per heavy atom. The van der Waals surface area contributed by atoms with Gasteiger partial charge in [0.25, 0.3) is 0 Å². The lowest BCUT2D eigenvalue weighted by atomic mass is 10.0. The molecule has 108 valence electrons. The Labute approximate surface area is 111 Å². The number of nitrogens with zero attached hydrogens (tertiary/aromatic N) is 3. The molecule has 1 aliphatic heterocycles. The Bertz CT molecular complexity index is 570. The van der Waals surface area contributed by atoms with Crippen molar-refractivity contribution in [3.05, 3.63) is 29.6 Å². The molecule has 0 spiro atoms. The van der Waals surface area contributed by atoms with E-state index in [1.54, 1.807) is 6.92 Å². The molecule has 1 unspecified atom stereocenters. The molecule has 1 aromatic rings. The van der Waals surface area contributed by atoms with Crippen molar-refractivity contribution in [2.75, 3.05) is 5.01 Å². The lowest BCUT2D eigenvalue weighted by molar-refractivity contribution is -0.142. The van der Waals surface area contributed by atoms with Gasteiger partial charge < -0.3 is 5.11 Å². The lowest BCUT2D eigenvalue weighted by Gasteiger charge is -2.24. The monoisotopic (exact) mass is 288 g/mol. The van der Waals surface area contributed by atoms with Crippen LogP contribution in [0.4, 0.5) is 19.0 Å². The molecule has 2 N–H and O–H groups in total. The van der Waals surface area contributed by atoms with Gasteiger partial charge in [0.2, 0.25) is 0 Å². The minimum absolute atomic E-state index is 0.0803. The van der Waals surface area contributed by atoms with Crippen molar-refractivity contribution in [2.24, 2.45) is 0 Å². The van der Waals surface area contributed by atoms with E-state index < -0.39 is 23.4 Å². The molecule has 0 saturated carbocycles. The molecule has 20 heavy (non-hydrogen) atoms. The Morgan fingerprint density at radius 1 is 1.40 bits per heavy atom. The van der Waals surface area contributed by atoms with Gasteiger partial charge in [0.15, 0.2) is 17.1 Å². The lowest BCUT2D eigenvalue weighted by Crippen LogP contribution is -2.50. The quantitative estimate of drug-likeness (QED) is 0.860. The fourth-order valence-corrected chi connectivity index (χ4v) is 1.78. The van der Waals surface area contributed by atoms with Gasteiger partial charge in [-0.15, -0.1) is 10.2 Å². The van der Waals surface area contributed by atoms with Crippen LogP contribution in [0.25, 0.3) is 0 Å². The Morgan fingerprint density at radius 3 is 2.45 bits per heavy atom. The predicted octanol–water partition coefficient (Wildman–Crippen LogP) is 1.57. The Hall–Kier alpha value is -2.16. The van der Waals surface area contributed by atoms with Gasteiger partial charge in [0, 0.05) is 5.70 Å². The highest BCUT2D eigenvalue weighted by Crippen LogP contribution is 2.29. The first kappa shape index (κ1) is 14.3. The van der Waals surface area contributed by atoms with Gasteiger partial charge in [-0.2, -0.15) is 13.2 Å². The summed E-state index contributed by atoms with van der Waals surface area (Å²) in [6, 6.07) is 1.90. The molecule has 0 aromatic carbocycles. The van der Waals surface area contributed by atoms with Crippen LogP contribution in [0.1, 0.15) is 19.5 Å². The third kappa shape index (κ3) is 2.44. The Balaban J connectivity index is 2.27. The number of nitrogens with one attached hydrogen (secondary N) is 1. The van der Waals surface area contributed by atoms with Crippen LogP contribution in [-0.2, 0) is 11.0 Å². The van der Waals surface area contributed by atoms with Crippen LogP contribution in [0, 0.1) is 0 Å². The van der Waals surface area contributed by atoms with Crippen LogP contribution in [0.5, 0.6) is 0 Å². The number of carboxylic acids is 1. The van der Waals surface area contributed by atoms with Gasteiger partial charge in [-0.1, -0.05) is 0 Å². The standard InChI is InChI=1S/C11H11F3N4O2/c1-6-5-10(2,9(19)20)17-18(6)8-4-3-7(15-16-8)11(12,13)14/h3-5,17H,1-2H3,(H,19,20). The number of hydrogen-bond acceptors (Lipinski definition) is 5. The first-order valence-corrected chi connectivity index (χ1v) is 5.55. The highest BCUT2D eigenvalue weighted by molar-refractivity contribution is 5.83. The summed E-state index contributed by atoms with van der Waals surface area (Å²) in [7, 11) is 0. The smallest absolute Gasteiger partial charge is 0.435 e. The average Bonchev–Trinajstić information content (AvgIpc) is 2.65. The van der Waals surface area contributed by atoms with E-state index in [1.165, 1.54) is 18.0 Å². The number of carbonyl (C=O) groups is 1. The maximum absolute atomic E-state index is 12.4. The minimum Gasteiger partial charge on any atom is -0.480 e. The minimum atomic E-state index is -4.57. The molecule has 0 fully saturated rings. The normalized spacial score (nSPS) is 22.9. The van der Waals surface area contributed by atoms with Crippen molar-refractivity contribution in [1.29, 1.82) is 0 Å². The number of allylic oxidation sites excluding steroid dienone is 1. The third-order valence-electron chi connectivity index (χ3n) is 2.81. The molecule has 1 atom stereocenters. The van der Waals surface area contributed by atoms with Crippen LogP contribution in [0.2, 0.25) is 0 Å². The van der Waals surface area contributed by atoms with E-state index in [-0.39, 0.29) is 5.82 Å². The molecule has 2 heterocycles. The van der Waals surface area contributed by atoms with Gasteiger partial charge in [-0.25, -0.2) is 10.2 Å². The molecule has 0 saturated heterocycles. The topological polar surface area (TPSA) is 78.4 Å². The summed E-state index contributed by atoms with van der Waals surface area (Å²) in [5.41, 5.74) is 0.705. The Kier molecular flexibility index (Phi) is 3.17. The molecule has 1 aliphatic rings. The first-order valence-electron chi connectivity index (χ1n) is 5.55. The van der Waals surface area contributed by atoms with Crippen molar-refractivity contribution >= 4 is 11.8 Å². The van der Waals surface area contributed by atoms with E-state index in [0.29, 0.717) is 5.70 Å². The molecular formula is C11H11F3N4O2. The van der Waals surface area contributed by atoms with Crippen LogP contribution < -0.4 is 10.4 Å². The average molecular weight is 288 g/mol. The number of aliphatic carboxylic acids is 1. The van der Waals surface area contributed by atoms with Crippen molar-refractivity contribution < 1.29 is 23.1 Å². The fourth-order valence-electron chi connectivity index (χ4n) is 1.78. The fraction of sp³-hybridized carbons (Fsp3) is 0.364. The molecule has 9 heteroatoms. The molecule has 2 rings (SSSR count). The highest BCUT2D eigenvalue weighted by Gasteiger charge is 2.39. The zero-order chi connectivity index (χ0) is 15.1. The molecule has 1 aromatic heterocycles. The van der Waals surface area contributed by atoms with E-state index >= 15 is 0 Å². The number of halogens is 3. The summed E-state index contributed by atoms with van der Waals surface area (Å²) in [6.07, 6.45) is -3.13. The molecular weight excluding hydrogens is 277 g/mol. The summed E-state index contributed by atoms with van der Waals surface area (Å²) >= 11 is 0. The summed E-state index contributed by atoms with van der Waals surface area (Å²) in [5.74, 6) is -1.03. The van der Waals surface area contributed by atoms with Crippen LogP contribution >= 0.6 is 0 Å². The van der Waals surface area contributed by atoms with Gasteiger partial charge in [0.05, 0.1) is 0 Å². The molecule has 0 bridgehead atoms. The van der Waals surface area contributed by atoms with Gasteiger partial charge >= 0.3 is 12.1 Å². The largest absolute Gasteiger partial charge is 0.480 e. The molecule has 0 radical (unpaired) electrons. The van der Waals surface area contributed by atoms with E-state index in [9.17, 15) is 18.0 Å². The second kappa shape index (κ2) is 4.44. The number of anilines is 1. The van der Waals surface area contributed by atoms with E-state index in [0.717, 1.165) is 12.1 Å². The third-order valence-corrected chi connectivity index (χ3v) is 2.81. The summed E-state index contributed by atoms with van der Waals surface area (Å²) in [4.78, 5) is 11.1. The zero-order valence-corrected chi connectivity index (χ0v) is 10.6. The summed E-state index contributed by atoms with van der Waals surface area (Å²) in [5, 5.41) is 16.9. The number of hydrazine groups is 1.